The van der Waals surface area contributed by atoms with Crippen molar-refractivity contribution in [2.75, 3.05) is 29.9 Å². The second-order valence-electron chi connectivity index (χ2n) is 5.55. The van der Waals surface area contributed by atoms with E-state index in [1.807, 2.05) is 0 Å². The third-order valence-corrected chi connectivity index (χ3v) is 5.38. The molecule has 25 heavy (non-hydrogen) atoms. The highest BCUT2D eigenvalue weighted by atomic mass is 32.2. The molecule has 9 nitrogen and oxygen atoms in total. The number of nitrogens with two attached hydrogens (primary N) is 1. The van der Waals surface area contributed by atoms with Crippen molar-refractivity contribution in [3.63, 3.8) is 0 Å². The number of hydrogen-bond donors (Lipinski definition) is 2. The normalized spacial score (nSPS) is 16.4. The van der Waals surface area contributed by atoms with Crippen molar-refractivity contribution in [3.05, 3.63) is 41.8 Å². The number of hydrogen-bond acceptors (Lipinski definition) is 7. The Labute approximate surface area is 143 Å². The van der Waals surface area contributed by atoms with Gasteiger partial charge in [-0.05, 0) is 24.3 Å². The Balaban J connectivity index is 1.65. The fourth-order valence-electron chi connectivity index (χ4n) is 2.36. The standard InChI is InChI=1S/C15H16N4O5S/c16-13(20)12-9-24-15(18-12)17-11-3-1-10(2-4-11)14(21)19-5-7-25(22,23)8-6-19/h1-4,9H,5-8H2,(H2,16,20)(H,17,18). The van der Waals surface area contributed by atoms with Crippen molar-refractivity contribution in [2.45, 2.75) is 0 Å². The van der Waals surface area contributed by atoms with E-state index in [-0.39, 0.29) is 42.2 Å². The molecule has 2 amide bonds. The Morgan fingerprint density at radius 1 is 1.16 bits per heavy atom. The predicted molar refractivity (Wildman–Crippen MR) is 89.3 cm³/mol. The van der Waals surface area contributed by atoms with Crippen LogP contribution in [-0.4, -0.2) is 54.7 Å². The summed E-state index contributed by atoms with van der Waals surface area (Å²) >= 11 is 0. The Kier molecular flexibility index (Phi) is 4.45. The lowest BCUT2D eigenvalue weighted by atomic mass is 10.2. The van der Waals surface area contributed by atoms with Crippen LogP contribution in [0.2, 0.25) is 0 Å². The number of nitrogens with one attached hydrogen (secondary N) is 1. The van der Waals surface area contributed by atoms with Gasteiger partial charge in [0.25, 0.3) is 17.8 Å². The summed E-state index contributed by atoms with van der Waals surface area (Å²) in [4.78, 5) is 28.7. The van der Waals surface area contributed by atoms with Gasteiger partial charge in [-0.3, -0.25) is 9.59 Å². The summed E-state index contributed by atoms with van der Waals surface area (Å²) in [6.07, 6.45) is 1.15. The number of sulfone groups is 1. The summed E-state index contributed by atoms with van der Waals surface area (Å²) in [5, 5.41) is 2.85. The highest BCUT2D eigenvalue weighted by Crippen LogP contribution is 2.18. The van der Waals surface area contributed by atoms with Crippen molar-refractivity contribution < 1.29 is 22.4 Å². The molecule has 1 aromatic heterocycles. The van der Waals surface area contributed by atoms with Gasteiger partial charge in [0.2, 0.25) is 0 Å². The average Bonchev–Trinajstić information content (AvgIpc) is 3.04. The lowest BCUT2D eigenvalue weighted by molar-refractivity contribution is 0.0770. The molecule has 1 aliphatic heterocycles. The van der Waals surface area contributed by atoms with Crippen LogP contribution in [-0.2, 0) is 9.84 Å². The van der Waals surface area contributed by atoms with Gasteiger partial charge in [-0.15, -0.1) is 0 Å². The maximum Gasteiger partial charge on any atom is 0.299 e. The monoisotopic (exact) mass is 364 g/mol. The summed E-state index contributed by atoms with van der Waals surface area (Å²) in [6.45, 7) is 0.404. The van der Waals surface area contributed by atoms with Gasteiger partial charge in [0.05, 0.1) is 11.5 Å². The summed E-state index contributed by atoms with van der Waals surface area (Å²) in [6, 6.07) is 6.65. The minimum absolute atomic E-state index is 0.00866. The molecule has 1 aliphatic rings. The number of rotatable bonds is 4. The SMILES string of the molecule is NC(=O)c1coc(Nc2ccc(C(=O)N3CCS(=O)(=O)CC3)cc2)n1. The van der Waals surface area contributed by atoms with Gasteiger partial charge in [0, 0.05) is 24.3 Å². The van der Waals surface area contributed by atoms with Crippen molar-refractivity contribution in [1.82, 2.24) is 9.88 Å². The fraction of sp³-hybridized carbons (Fsp3) is 0.267. The van der Waals surface area contributed by atoms with Gasteiger partial charge in [0.15, 0.2) is 15.5 Å². The maximum absolute atomic E-state index is 12.4. The molecule has 10 heteroatoms. The molecule has 1 fully saturated rings. The Morgan fingerprint density at radius 3 is 2.36 bits per heavy atom. The van der Waals surface area contributed by atoms with Gasteiger partial charge >= 0.3 is 0 Å². The van der Waals surface area contributed by atoms with E-state index in [1.54, 1.807) is 24.3 Å². The van der Waals surface area contributed by atoms with Crippen LogP contribution in [0, 0.1) is 0 Å². The van der Waals surface area contributed by atoms with E-state index in [0.717, 1.165) is 6.26 Å². The third-order valence-electron chi connectivity index (χ3n) is 3.77. The first-order chi connectivity index (χ1) is 11.8. The summed E-state index contributed by atoms with van der Waals surface area (Å²) in [5.74, 6) is -0.926. The fourth-order valence-corrected chi connectivity index (χ4v) is 3.56. The quantitative estimate of drug-likeness (QED) is 0.801. The van der Waals surface area contributed by atoms with Crippen LogP contribution in [0.4, 0.5) is 11.7 Å². The van der Waals surface area contributed by atoms with Crippen LogP contribution in [0.5, 0.6) is 0 Å². The number of oxazole rings is 1. The minimum atomic E-state index is -3.03. The third kappa shape index (κ3) is 3.97. The number of amides is 2. The Hall–Kier alpha value is -2.88. The molecule has 0 radical (unpaired) electrons. The van der Waals surface area contributed by atoms with Crippen molar-refractivity contribution in [2.24, 2.45) is 5.73 Å². The molecule has 2 aromatic rings. The topological polar surface area (TPSA) is 136 Å². The van der Waals surface area contributed by atoms with Crippen LogP contribution in [0.1, 0.15) is 20.8 Å². The van der Waals surface area contributed by atoms with Gasteiger partial charge in [0.1, 0.15) is 6.26 Å². The Morgan fingerprint density at radius 2 is 1.80 bits per heavy atom. The van der Waals surface area contributed by atoms with Gasteiger partial charge in [-0.1, -0.05) is 0 Å². The number of anilines is 2. The number of carbonyl (C=O) groups excluding carboxylic acids is 2. The molecule has 0 saturated carbocycles. The molecule has 2 heterocycles. The molecular weight excluding hydrogens is 348 g/mol. The molecule has 0 aliphatic carbocycles. The van der Waals surface area contributed by atoms with Crippen LogP contribution in [0.25, 0.3) is 0 Å². The molecule has 1 aromatic carbocycles. The number of carbonyl (C=O) groups is 2. The maximum atomic E-state index is 12.4. The zero-order valence-electron chi connectivity index (χ0n) is 13.1. The van der Waals surface area contributed by atoms with Crippen LogP contribution >= 0.6 is 0 Å². The van der Waals surface area contributed by atoms with Gasteiger partial charge < -0.3 is 20.4 Å². The summed E-state index contributed by atoms with van der Waals surface area (Å²) in [7, 11) is -3.03. The first-order valence-corrected chi connectivity index (χ1v) is 9.28. The first kappa shape index (κ1) is 17.0. The van der Waals surface area contributed by atoms with Crippen LogP contribution < -0.4 is 11.1 Å². The minimum Gasteiger partial charge on any atom is -0.431 e. The molecule has 1 saturated heterocycles. The highest BCUT2D eigenvalue weighted by Gasteiger charge is 2.25. The highest BCUT2D eigenvalue weighted by molar-refractivity contribution is 7.91. The number of benzene rings is 1. The van der Waals surface area contributed by atoms with Crippen molar-refractivity contribution in [1.29, 1.82) is 0 Å². The number of primary amides is 1. The van der Waals surface area contributed by atoms with E-state index in [2.05, 4.69) is 10.3 Å². The molecular formula is C15H16N4O5S. The molecule has 3 N–H and O–H groups in total. The van der Waals surface area contributed by atoms with E-state index >= 15 is 0 Å². The van der Waals surface area contributed by atoms with Crippen LogP contribution in [0.3, 0.4) is 0 Å². The molecule has 0 unspecified atom stereocenters. The summed E-state index contributed by atoms with van der Waals surface area (Å²) < 4.78 is 27.9. The lowest BCUT2D eigenvalue weighted by Crippen LogP contribution is -2.43. The first-order valence-electron chi connectivity index (χ1n) is 7.46. The lowest BCUT2D eigenvalue weighted by Gasteiger charge is -2.26. The molecule has 0 spiro atoms. The van der Waals surface area contributed by atoms with Gasteiger partial charge in [-0.2, -0.15) is 4.98 Å². The second kappa shape index (κ2) is 6.55. The largest absolute Gasteiger partial charge is 0.431 e. The van der Waals surface area contributed by atoms with Crippen LogP contribution in [0.15, 0.2) is 34.9 Å². The zero-order valence-corrected chi connectivity index (χ0v) is 14.0. The number of nitrogens with zero attached hydrogens (tertiary/aromatic N) is 2. The van der Waals surface area contributed by atoms with E-state index in [9.17, 15) is 18.0 Å². The Bertz CT molecular complexity index is 890. The van der Waals surface area contributed by atoms with Crippen molar-refractivity contribution >= 4 is 33.4 Å². The van der Waals surface area contributed by atoms with E-state index in [0.29, 0.717) is 11.3 Å². The smallest absolute Gasteiger partial charge is 0.299 e. The van der Waals surface area contributed by atoms with E-state index in [1.165, 1.54) is 4.90 Å². The molecule has 0 atom stereocenters. The van der Waals surface area contributed by atoms with E-state index < -0.39 is 15.7 Å². The second-order valence-corrected chi connectivity index (χ2v) is 7.85. The molecule has 0 bridgehead atoms. The molecule has 3 rings (SSSR count). The van der Waals surface area contributed by atoms with E-state index in [4.69, 9.17) is 10.2 Å². The summed E-state index contributed by atoms with van der Waals surface area (Å²) in [5.41, 5.74) is 6.16. The predicted octanol–water partition coefficient (Wildman–Crippen LogP) is 0.388. The van der Waals surface area contributed by atoms with Gasteiger partial charge in [-0.25, -0.2) is 8.42 Å². The average molecular weight is 364 g/mol. The zero-order chi connectivity index (χ0) is 18.0. The van der Waals surface area contributed by atoms with Crippen molar-refractivity contribution in [3.8, 4) is 0 Å². The number of aromatic nitrogens is 1. The molecule has 132 valence electrons.